The average Bonchev–Trinajstić information content (AvgIpc) is 2.27. The monoisotopic (exact) mass is 323 g/mol. The van der Waals surface area contributed by atoms with E-state index >= 15 is 0 Å². The predicted octanol–water partition coefficient (Wildman–Crippen LogP) is 4.37. The second-order valence-electron chi connectivity index (χ2n) is 4.40. The molecule has 0 aliphatic rings. The number of rotatable bonds is 5. The maximum absolute atomic E-state index is 12.2. The molecule has 6 heteroatoms. The van der Waals surface area contributed by atoms with E-state index in [1.54, 1.807) is 19.1 Å². The highest BCUT2D eigenvalue weighted by Gasteiger charge is 2.27. The first-order chi connectivity index (χ1) is 8.83. The number of carbonyl (C=O) groups excluding carboxylic acids is 1. The van der Waals surface area contributed by atoms with E-state index in [0.717, 1.165) is 5.56 Å². The fourth-order valence-electron chi connectivity index (χ4n) is 1.57. The lowest BCUT2D eigenvalue weighted by atomic mass is 10.1. The fourth-order valence-corrected chi connectivity index (χ4v) is 2.58. The largest absolute Gasteiger partial charge is 0.340 e. The molecule has 0 spiro atoms. The molecule has 0 aromatic heterocycles. The Morgan fingerprint density at radius 2 is 1.89 bits per heavy atom. The minimum Gasteiger partial charge on any atom is -0.340 e. The summed E-state index contributed by atoms with van der Waals surface area (Å²) in [6.45, 7) is 5.47. The van der Waals surface area contributed by atoms with Crippen LogP contribution in [0.25, 0.3) is 0 Å². The van der Waals surface area contributed by atoms with Crippen LogP contribution in [0.5, 0.6) is 0 Å². The van der Waals surface area contributed by atoms with Crippen molar-refractivity contribution in [2.24, 2.45) is 0 Å². The Balaban J connectivity index is 3.02. The first-order valence-corrected chi connectivity index (χ1v) is 7.10. The summed E-state index contributed by atoms with van der Waals surface area (Å²) in [5.74, 6) is -0.385. The average molecular weight is 325 g/mol. The van der Waals surface area contributed by atoms with E-state index in [1.165, 1.54) is 0 Å². The van der Waals surface area contributed by atoms with Crippen molar-refractivity contribution in [1.29, 1.82) is 0 Å². The Morgan fingerprint density at radius 1 is 1.37 bits per heavy atom. The number of hydrogen-bond donors (Lipinski definition) is 1. The van der Waals surface area contributed by atoms with Gasteiger partial charge in [-0.2, -0.15) is 0 Å². The lowest BCUT2D eigenvalue weighted by Gasteiger charge is -2.29. The fraction of sp³-hybridized carbons (Fsp3) is 0.462. The highest BCUT2D eigenvalue weighted by atomic mass is 35.5. The molecule has 106 valence electrons. The van der Waals surface area contributed by atoms with E-state index < -0.39 is 5.72 Å². The number of halogens is 3. The smallest absolute Gasteiger partial charge is 0.256 e. The van der Waals surface area contributed by atoms with E-state index in [-0.39, 0.29) is 17.5 Å². The molecule has 19 heavy (non-hydrogen) atoms. The Bertz CT molecular complexity index is 456. The van der Waals surface area contributed by atoms with Gasteiger partial charge in [0.05, 0.1) is 15.6 Å². The van der Waals surface area contributed by atoms with Gasteiger partial charge < -0.3 is 10.1 Å². The number of amides is 1. The molecule has 0 aliphatic carbocycles. The van der Waals surface area contributed by atoms with Gasteiger partial charge in [0.15, 0.2) is 0 Å². The Labute approximate surface area is 128 Å². The molecule has 1 aromatic rings. The molecule has 1 aromatic carbocycles. The third kappa shape index (κ3) is 4.25. The standard InChI is InChI=1S/C13H16Cl3NO2/c1-4-13(3,19-7-14)17-12(18)11-9(15)5-8(2)6-10(11)16/h5-6H,4,7H2,1-3H3,(H,17,18). The maximum Gasteiger partial charge on any atom is 0.256 e. The van der Waals surface area contributed by atoms with Gasteiger partial charge in [-0.1, -0.05) is 41.7 Å². The lowest BCUT2D eigenvalue weighted by Crippen LogP contribution is -2.47. The van der Waals surface area contributed by atoms with Gasteiger partial charge in [-0.25, -0.2) is 0 Å². The number of carbonyl (C=O) groups is 1. The number of benzene rings is 1. The SMILES string of the molecule is CCC(C)(NC(=O)c1c(Cl)cc(C)cc1Cl)OCCl. The van der Waals surface area contributed by atoms with Crippen molar-refractivity contribution in [3.8, 4) is 0 Å². The second-order valence-corrected chi connectivity index (χ2v) is 5.43. The summed E-state index contributed by atoms with van der Waals surface area (Å²) in [7, 11) is 0. The molecule has 0 aliphatic heterocycles. The molecular formula is C13H16Cl3NO2. The summed E-state index contributed by atoms with van der Waals surface area (Å²) in [5.41, 5.74) is 0.282. The number of ether oxygens (including phenoxy) is 1. The summed E-state index contributed by atoms with van der Waals surface area (Å²) < 4.78 is 5.32. The summed E-state index contributed by atoms with van der Waals surface area (Å²) in [5, 5.41) is 3.37. The number of aryl methyl sites for hydroxylation is 1. The molecule has 3 nitrogen and oxygen atoms in total. The first-order valence-electron chi connectivity index (χ1n) is 5.81. The molecule has 0 saturated heterocycles. The van der Waals surface area contributed by atoms with Crippen LogP contribution < -0.4 is 5.32 Å². The zero-order chi connectivity index (χ0) is 14.6. The molecule has 1 rings (SSSR count). The van der Waals surface area contributed by atoms with Crippen LogP contribution in [0.4, 0.5) is 0 Å². The zero-order valence-corrected chi connectivity index (χ0v) is 13.3. The van der Waals surface area contributed by atoms with Crippen LogP contribution in [0.3, 0.4) is 0 Å². The maximum atomic E-state index is 12.2. The molecule has 1 atom stereocenters. The highest BCUT2D eigenvalue weighted by Crippen LogP contribution is 2.27. The van der Waals surface area contributed by atoms with E-state index in [4.69, 9.17) is 39.5 Å². The molecular weight excluding hydrogens is 309 g/mol. The van der Waals surface area contributed by atoms with Gasteiger partial charge in [0.25, 0.3) is 5.91 Å². The summed E-state index contributed by atoms with van der Waals surface area (Å²) in [4.78, 5) is 12.2. The first kappa shape index (κ1) is 16.6. The van der Waals surface area contributed by atoms with E-state index in [1.807, 2.05) is 13.8 Å². The normalized spacial score (nSPS) is 14.0. The van der Waals surface area contributed by atoms with Gasteiger partial charge in [-0.15, -0.1) is 0 Å². The van der Waals surface area contributed by atoms with Crippen molar-refractivity contribution in [3.63, 3.8) is 0 Å². The van der Waals surface area contributed by atoms with Gasteiger partial charge in [0.1, 0.15) is 11.8 Å². The Hall–Kier alpha value is -0.480. The highest BCUT2D eigenvalue weighted by molar-refractivity contribution is 6.39. The molecule has 1 amide bonds. The molecule has 0 saturated carbocycles. The van der Waals surface area contributed by atoms with Gasteiger partial charge in [0, 0.05) is 0 Å². The van der Waals surface area contributed by atoms with Crippen LogP contribution >= 0.6 is 34.8 Å². The van der Waals surface area contributed by atoms with Crippen LogP contribution in [-0.4, -0.2) is 17.7 Å². The van der Waals surface area contributed by atoms with Crippen LogP contribution in [0, 0.1) is 6.92 Å². The van der Waals surface area contributed by atoms with Gasteiger partial charge in [-0.05, 0) is 38.0 Å². The topological polar surface area (TPSA) is 38.3 Å². The van der Waals surface area contributed by atoms with Crippen molar-refractivity contribution in [3.05, 3.63) is 33.3 Å². The molecule has 0 fully saturated rings. The molecule has 1 unspecified atom stereocenters. The summed E-state index contributed by atoms with van der Waals surface area (Å²) >= 11 is 17.7. The third-order valence-electron chi connectivity index (χ3n) is 2.84. The summed E-state index contributed by atoms with van der Waals surface area (Å²) in [6, 6.07) is 3.36. The molecule has 0 radical (unpaired) electrons. The molecule has 1 N–H and O–H groups in total. The van der Waals surface area contributed by atoms with Crippen molar-refractivity contribution in [2.75, 3.05) is 6.07 Å². The van der Waals surface area contributed by atoms with Crippen molar-refractivity contribution < 1.29 is 9.53 Å². The number of nitrogens with one attached hydrogen (secondary N) is 1. The summed E-state index contributed by atoms with van der Waals surface area (Å²) in [6.07, 6.45) is 0.562. The van der Waals surface area contributed by atoms with E-state index in [2.05, 4.69) is 5.32 Å². The predicted molar refractivity (Wildman–Crippen MR) is 79.2 cm³/mol. The third-order valence-corrected chi connectivity index (χ3v) is 3.54. The van der Waals surface area contributed by atoms with Gasteiger partial charge in [0.2, 0.25) is 0 Å². The Morgan fingerprint density at radius 3 is 2.32 bits per heavy atom. The minimum atomic E-state index is -0.851. The van der Waals surface area contributed by atoms with E-state index in [9.17, 15) is 4.79 Å². The second kappa shape index (κ2) is 6.80. The quantitative estimate of drug-likeness (QED) is 0.645. The lowest BCUT2D eigenvalue weighted by molar-refractivity contribution is -0.0313. The number of alkyl halides is 1. The van der Waals surface area contributed by atoms with Crippen molar-refractivity contribution in [2.45, 2.75) is 32.9 Å². The minimum absolute atomic E-state index is 0.0139. The van der Waals surface area contributed by atoms with Crippen molar-refractivity contribution in [1.82, 2.24) is 5.32 Å². The van der Waals surface area contributed by atoms with Gasteiger partial charge >= 0.3 is 0 Å². The van der Waals surface area contributed by atoms with Crippen LogP contribution in [0.2, 0.25) is 10.0 Å². The zero-order valence-electron chi connectivity index (χ0n) is 11.0. The van der Waals surface area contributed by atoms with Crippen molar-refractivity contribution >= 4 is 40.7 Å². The number of hydrogen-bond acceptors (Lipinski definition) is 2. The van der Waals surface area contributed by atoms with E-state index in [0.29, 0.717) is 16.5 Å². The van der Waals surface area contributed by atoms with Crippen LogP contribution in [0.15, 0.2) is 12.1 Å². The van der Waals surface area contributed by atoms with Crippen LogP contribution in [-0.2, 0) is 4.74 Å². The van der Waals surface area contributed by atoms with Crippen LogP contribution in [0.1, 0.15) is 36.2 Å². The molecule has 0 bridgehead atoms. The van der Waals surface area contributed by atoms with Gasteiger partial charge in [-0.3, -0.25) is 4.79 Å². The molecule has 0 heterocycles. The Kier molecular flexibility index (Phi) is 5.93.